The minimum atomic E-state index is -1.04. The molecule has 2 aliphatic heterocycles. The quantitative estimate of drug-likeness (QED) is 0.797. The van der Waals surface area contributed by atoms with Crippen molar-refractivity contribution >= 4 is 33.6 Å². The van der Waals surface area contributed by atoms with Crippen molar-refractivity contribution < 1.29 is 19.4 Å². The highest BCUT2D eigenvalue weighted by Crippen LogP contribution is 2.46. The van der Waals surface area contributed by atoms with Gasteiger partial charge in [-0.2, -0.15) is 0 Å². The van der Waals surface area contributed by atoms with Gasteiger partial charge >= 0.3 is 12.0 Å². The molecule has 2 aromatic rings. The number of benzene rings is 2. The number of carbonyl (C=O) groups is 2. The Morgan fingerprint density at radius 2 is 2.16 bits per heavy atom. The molecule has 2 aliphatic rings. The van der Waals surface area contributed by atoms with Crippen LogP contribution in [0.3, 0.4) is 0 Å². The number of rotatable bonds is 2. The van der Waals surface area contributed by atoms with Crippen LogP contribution in [0.1, 0.15) is 35.3 Å². The second kappa shape index (κ2) is 5.49. The normalized spacial score (nSPS) is 24.2. The summed E-state index contributed by atoms with van der Waals surface area (Å²) in [6.07, 6.45) is 0.555. The van der Waals surface area contributed by atoms with Gasteiger partial charge in [0.1, 0.15) is 5.75 Å². The third kappa shape index (κ3) is 2.55. The third-order valence-electron chi connectivity index (χ3n) is 4.59. The van der Waals surface area contributed by atoms with Crippen molar-refractivity contribution in [3.8, 4) is 5.75 Å². The molecule has 0 spiro atoms. The standard InChI is InChI=1S/C18H15BrN2O4/c1-18-9-14(13-8-11(19)5-6-15(13)25-18)20-17(24)21(18)12-4-2-3-10(7-12)16(22)23/h2-8,14H,9H2,1H3,(H,20,24)(H,22,23)/t14-,18-/m1/s1. The van der Waals surface area contributed by atoms with E-state index in [1.807, 2.05) is 25.1 Å². The molecule has 0 radical (unpaired) electrons. The van der Waals surface area contributed by atoms with E-state index < -0.39 is 11.7 Å². The van der Waals surface area contributed by atoms with E-state index >= 15 is 0 Å². The Morgan fingerprint density at radius 1 is 1.36 bits per heavy atom. The lowest BCUT2D eigenvalue weighted by Crippen LogP contribution is -2.65. The second-order valence-corrected chi connectivity index (χ2v) is 7.27. The number of anilines is 1. The van der Waals surface area contributed by atoms with Gasteiger partial charge in [-0.3, -0.25) is 4.90 Å². The van der Waals surface area contributed by atoms with Crippen molar-refractivity contribution in [3.05, 3.63) is 58.1 Å². The van der Waals surface area contributed by atoms with Gasteiger partial charge in [0.2, 0.25) is 0 Å². The molecule has 4 rings (SSSR count). The van der Waals surface area contributed by atoms with Crippen LogP contribution < -0.4 is 15.0 Å². The number of hydrogen-bond donors (Lipinski definition) is 2. The zero-order valence-corrected chi connectivity index (χ0v) is 14.9. The first-order valence-electron chi connectivity index (χ1n) is 7.80. The Balaban J connectivity index is 1.79. The average molecular weight is 403 g/mol. The average Bonchev–Trinajstić information content (AvgIpc) is 2.55. The van der Waals surface area contributed by atoms with Crippen LogP contribution in [-0.4, -0.2) is 22.8 Å². The monoisotopic (exact) mass is 402 g/mol. The predicted molar refractivity (Wildman–Crippen MR) is 94.9 cm³/mol. The molecule has 6 nitrogen and oxygen atoms in total. The van der Waals surface area contributed by atoms with Crippen LogP contribution in [0.5, 0.6) is 5.75 Å². The number of aromatic carboxylic acids is 1. The van der Waals surface area contributed by atoms with Crippen molar-refractivity contribution in [2.75, 3.05) is 4.90 Å². The molecule has 2 heterocycles. The van der Waals surface area contributed by atoms with E-state index in [9.17, 15) is 14.7 Å². The maximum Gasteiger partial charge on any atom is 0.335 e. The number of amides is 2. The fourth-order valence-corrected chi connectivity index (χ4v) is 3.89. The Labute approximate surface area is 152 Å². The van der Waals surface area contributed by atoms with Gasteiger partial charge < -0.3 is 15.2 Å². The summed E-state index contributed by atoms with van der Waals surface area (Å²) in [7, 11) is 0. The SMILES string of the molecule is C[C@@]12C[C@@H](NC(=O)N1c1cccc(C(=O)O)c1)c1cc(Br)ccc1O2. The Bertz CT molecular complexity index is 900. The molecule has 2 amide bonds. The van der Waals surface area contributed by atoms with Gasteiger partial charge in [0.05, 0.1) is 17.3 Å². The van der Waals surface area contributed by atoms with Crippen LogP contribution in [0.2, 0.25) is 0 Å². The first-order valence-corrected chi connectivity index (χ1v) is 8.59. The van der Waals surface area contributed by atoms with Gasteiger partial charge in [-0.15, -0.1) is 0 Å². The maximum atomic E-state index is 12.8. The summed E-state index contributed by atoms with van der Waals surface area (Å²) >= 11 is 3.44. The van der Waals surface area contributed by atoms with Gasteiger partial charge in [0.25, 0.3) is 0 Å². The molecule has 2 aromatic carbocycles. The molecule has 25 heavy (non-hydrogen) atoms. The Morgan fingerprint density at radius 3 is 2.92 bits per heavy atom. The molecule has 7 heteroatoms. The molecular formula is C18H15BrN2O4. The second-order valence-electron chi connectivity index (χ2n) is 6.36. The van der Waals surface area contributed by atoms with Crippen molar-refractivity contribution in [2.24, 2.45) is 0 Å². The minimum Gasteiger partial charge on any atom is -0.478 e. The van der Waals surface area contributed by atoms with Crippen molar-refractivity contribution in [3.63, 3.8) is 0 Å². The summed E-state index contributed by atoms with van der Waals surface area (Å²) in [4.78, 5) is 25.5. The van der Waals surface area contributed by atoms with Crippen LogP contribution in [0, 0.1) is 0 Å². The molecule has 2 N–H and O–H groups in total. The summed E-state index contributed by atoms with van der Waals surface area (Å²) in [5.41, 5.74) is 0.638. The highest BCUT2D eigenvalue weighted by atomic mass is 79.9. The molecule has 0 unspecified atom stereocenters. The number of halogens is 1. The summed E-state index contributed by atoms with van der Waals surface area (Å²) < 4.78 is 7.10. The van der Waals surface area contributed by atoms with Crippen LogP contribution in [0.4, 0.5) is 10.5 Å². The minimum absolute atomic E-state index is 0.121. The van der Waals surface area contributed by atoms with Crippen LogP contribution in [0.15, 0.2) is 46.9 Å². The van der Waals surface area contributed by atoms with E-state index in [4.69, 9.17) is 4.74 Å². The first kappa shape index (κ1) is 16.0. The van der Waals surface area contributed by atoms with Crippen LogP contribution in [-0.2, 0) is 0 Å². The van der Waals surface area contributed by atoms with Gasteiger partial charge in [-0.05, 0) is 43.3 Å². The van der Waals surface area contributed by atoms with Crippen molar-refractivity contribution in [1.82, 2.24) is 5.32 Å². The fraction of sp³-hybridized carbons (Fsp3) is 0.222. The number of nitrogens with zero attached hydrogens (tertiary/aromatic N) is 1. The zero-order valence-electron chi connectivity index (χ0n) is 13.3. The lowest BCUT2D eigenvalue weighted by atomic mass is 9.90. The number of fused-ring (bicyclic) bond motifs is 4. The Hall–Kier alpha value is -2.54. The number of carboxylic acid groups (broad SMARTS) is 1. The molecule has 0 aromatic heterocycles. The number of carboxylic acids is 1. The largest absolute Gasteiger partial charge is 0.478 e. The topological polar surface area (TPSA) is 78.9 Å². The fourth-order valence-electron chi connectivity index (χ4n) is 3.51. The molecule has 128 valence electrons. The van der Waals surface area contributed by atoms with Crippen molar-refractivity contribution in [2.45, 2.75) is 25.1 Å². The smallest absolute Gasteiger partial charge is 0.335 e. The maximum absolute atomic E-state index is 12.8. The highest BCUT2D eigenvalue weighted by Gasteiger charge is 2.49. The van der Waals surface area contributed by atoms with Crippen LogP contribution >= 0.6 is 15.9 Å². The summed E-state index contributed by atoms with van der Waals surface area (Å²) in [5.74, 6) is -0.330. The van der Waals surface area contributed by atoms with Gasteiger partial charge in [-0.25, -0.2) is 9.59 Å². The number of hydrogen-bond acceptors (Lipinski definition) is 3. The molecule has 2 bridgehead atoms. The molecular weight excluding hydrogens is 388 g/mol. The lowest BCUT2D eigenvalue weighted by Gasteiger charge is -2.50. The first-order chi connectivity index (χ1) is 11.9. The Kier molecular flexibility index (Phi) is 3.50. The zero-order chi connectivity index (χ0) is 17.8. The number of urea groups is 1. The summed E-state index contributed by atoms with van der Waals surface area (Å²) in [6, 6.07) is 11.5. The predicted octanol–water partition coefficient (Wildman–Crippen LogP) is 3.92. The summed E-state index contributed by atoms with van der Waals surface area (Å²) in [6.45, 7) is 1.84. The summed E-state index contributed by atoms with van der Waals surface area (Å²) in [5, 5.41) is 12.2. The van der Waals surface area contributed by atoms with Gasteiger partial charge in [-0.1, -0.05) is 22.0 Å². The number of ether oxygens (including phenoxy) is 1. The lowest BCUT2D eigenvalue weighted by molar-refractivity contribution is 0.0377. The molecule has 0 aliphatic carbocycles. The molecule has 0 saturated carbocycles. The van der Waals surface area contributed by atoms with E-state index in [2.05, 4.69) is 21.2 Å². The van der Waals surface area contributed by atoms with E-state index in [0.29, 0.717) is 17.9 Å². The van der Waals surface area contributed by atoms with E-state index in [1.165, 1.54) is 17.0 Å². The molecule has 1 saturated heterocycles. The van der Waals surface area contributed by atoms with E-state index in [-0.39, 0.29) is 17.6 Å². The molecule has 2 atom stereocenters. The number of nitrogens with one attached hydrogen (secondary N) is 1. The third-order valence-corrected chi connectivity index (χ3v) is 5.08. The highest BCUT2D eigenvalue weighted by molar-refractivity contribution is 9.10. The van der Waals surface area contributed by atoms with Gasteiger partial charge in [0.15, 0.2) is 5.72 Å². The van der Waals surface area contributed by atoms with Gasteiger partial charge in [0, 0.05) is 16.5 Å². The van der Waals surface area contributed by atoms with Crippen molar-refractivity contribution in [1.29, 1.82) is 0 Å². The molecule has 1 fully saturated rings. The number of carbonyl (C=O) groups excluding carboxylic acids is 1. The van der Waals surface area contributed by atoms with Crippen LogP contribution in [0.25, 0.3) is 0 Å². The van der Waals surface area contributed by atoms with E-state index in [0.717, 1.165) is 10.0 Å². The van der Waals surface area contributed by atoms with E-state index in [1.54, 1.807) is 12.1 Å².